The van der Waals surface area contributed by atoms with Crippen LogP contribution in [-0.4, -0.2) is 30.3 Å². The van der Waals surface area contributed by atoms with Crippen molar-refractivity contribution in [1.82, 2.24) is 0 Å². The molecule has 0 saturated carbocycles. The normalized spacial score (nSPS) is 15.1. The molecule has 3 N–H and O–H groups in total. The summed E-state index contributed by atoms with van der Waals surface area (Å²) in [5.41, 5.74) is 5.48. The maximum Gasteiger partial charge on any atom is 0.248 e. The minimum atomic E-state index is -0.472. The molecule has 35 heavy (non-hydrogen) atoms. The van der Waals surface area contributed by atoms with Gasteiger partial charge in [-0.15, -0.1) is 12.4 Å². The number of ether oxygens (including phenoxy) is 1. The molecule has 0 radical (unpaired) electrons. The topological polar surface area (TPSA) is 70.6 Å². The van der Waals surface area contributed by atoms with E-state index in [0.717, 1.165) is 33.7 Å². The Balaban J connectivity index is 0.00000342. The third-order valence-corrected chi connectivity index (χ3v) is 5.80. The third-order valence-electron chi connectivity index (χ3n) is 5.54. The third kappa shape index (κ3) is 6.89. The second-order valence-electron chi connectivity index (χ2n) is 7.96. The summed E-state index contributed by atoms with van der Waals surface area (Å²) in [7, 11) is 0. The van der Waals surface area contributed by atoms with E-state index in [1.165, 1.54) is 6.08 Å². The molecule has 1 atom stereocenters. The van der Waals surface area contributed by atoms with E-state index in [0.29, 0.717) is 30.3 Å². The molecule has 1 amide bonds. The Kier molecular flexibility index (Phi) is 9.38. The number of hydrogen-bond acceptors (Lipinski definition) is 4. The van der Waals surface area contributed by atoms with Gasteiger partial charge >= 0.3 is 0 Å². The van der Waals surface area contributed by atoms with Crippen molar-refractivity contribution in [2.45, 2.75) is 19.4 Å². The number of hydrogen-bond donors (Lipinski definition) is 3. The van der Waals surface area contributed by atoms with Crippen LogP contribution in [0.2, 0.25) is 5.02 Å². The number of allylic oxidation sites excluding steroid dienone is 2. The Morgan fingerprint density at radius 3 is 2.49 bits per heavy atom. The van der Waals surface area contributed by atoms with Crippen LogP contribution in [0, 0.1) is 0 Å². The molecule has 1 unspecified atom stereocenters. The summed E-state index contributed by atoms with van der Waals surface area (Å²) in [6, 6.07) is 21.1. The molecule has 0 saturated heterocycles. The maximum absolute atomic E-state index is 12.7. The number of carbonyl (C=O) groups is 1. The van der Waals surface area contributed by atoms with E-state index in [4.69, 9.17) is 16.3 Å². The summed E-state index contributed by atoms with van der Waals surface area (Å²) in [5.74, 6) is 0.564. The van der Waals surface area contributed by atoms with Crippen molar-refractivity contribution in [2.75, 3.05) is 23.8 Å². The van der Waals surface area contributed by atoms with Gasteiger partial charge in [-0.1, -0.05) is 54.1 Å². The quantitative estimate of drug-likeness (QED) is 0.264. The Morgan fingerprint density at radius 2 is 1.80 bits per heavy atom. The van der Waals surface area contributed by atoms with Crippen LogP contribution in [0.15, 0.2) is 85.0 Å². The fourth-order valence-electron chi connectivity index (χ4n) is 3.92. The summed E-state index contributed by atoms with van der Waals surface area (Å²) >= 11 is 6.08. The van der Waals surface area contributed by atoms with Crippen LogP contribution in [0.5, 0.6) is 5.75 Å². The van der Waals surface area contributed by atoms with Gasteiger partial charge < -0.3 is 20.5 Å². The van der Waals surface area contributed by atoms with Crippen molar-refractivity contribution >= 4 is 46.9 Å². The van der Waals surface area contributed by atoms with Gasteiger partial charge in [0.2, 0.25) is 5.91 Å². The van der Waals surface area contributed by atoms with Gasteiger partial charge in [-0.25, -0.2) is 0 Å². The van der Waals surface area contributed by atoms with Crippen molar-refractivity contribution in [3.05, 3.63) is 107 Å². The molecule has 3 aromatic carbocycles. The number of fused-ring (bicyclic) bond motifs is 1. The molecule has 1 aliphatic rings. The number of carbonyl (C=O) groups excluding carboxylic acids is 1. The minimum Gasteiger partial charge on any atom is -0.494 e. The molecule has 0 aliphatic carbocycles. The van der Waals surface area contributed by atoms with E-state index < -0.39 is 6.10 Å². The first-order valence-electron chi connectivity index (χ1n) is 11.3. The van der Waals surface area contributed by atoms with Crippen LogP contribution < -0.4 is 15.4 Å². The lowest BCUT2D eigenvalue weighted by atomic mass is 9.97. The van der Waals surface area contributed by atoms with Crippen LogP contribution in [0.3, 0.4) is 0 Å². The van der Waals surface area contributed by atoms with Crippen molar-refractivity contribution in [3.8, 4) is 5.75 Å². The van der Waals surface area contributed by atoms with Gasteiger partial charge in [0.05, 0.1) is 12.7 Å². The first kappa shape index (κ1) is 26.4. The lowest BCUT2D eigenvalue weighted by molar-refractivity contribution is -0.111. The van der Waals surface area contributed by atoms with Crippen molar-refractivity contribution in [1.29, 1.82) is 0 Å². The molecule has 1 heterocycles. The SMILES string of the molecule is CCOc1ccc(/C(=C\C=C\C(=O)Nc2cccc3c2CC(O)CN3)c2ccc(Cl)cc2)cc1.Cl. The Labute approximate surface area is 216 Å². The van der Waals surface area contributed by atoms with Gasteiger partial charge in [0.15, 0.2) is 0 Å². The summed E-state index contributed by atoms with van der Waals surface area (Å²) < 4.78 is 5.55. The Hall–Kier alpha value is -3.25. The summed E-state index contributed by atoms with van der Waals surface area (Å²) in [5, 5.41) is 16.8. The number of aliphatic hydroxyl groups is 1. The predicted octanol–water partition coefficient (Wildman–Crippen LogP) is 6.12. The zero-order valence-corrected chi connectivity index (χ0v) is 20.9. The zero-order valence-electron chi connectivity index (χ0n) is 19.3. The smallest absolute Gasteiger partial charge is 0.248 e. The molecule has 1 aliphatic heterocycles. The molecule has 0 fully saturated rings. The highest BCUT2D eigenvalue weighted by Crippen LogP contribution is 2.29. The molecule has 182 valence electrons. The monoisotopic (exact) mass is 510 g/mol. The highest BCUT2D eigenvalue weighted by atomic mass is 35.5. The van der Waals surface area contributed by atoms with Crippen LogP contribution in [0.4, 0.5) is 11.4 Å². The van der Waals surface area contributed by atoms with Gasteiger partial charge in [0.1, 0.15) is 5.75 Å². The van der Waals surface area contributed by atoms with Crippen molar-refractivity contribution < 1.29 is 14.6 Å². The van der Waals surface area contributed by atoms with Crippen LogP contribution in [-0.2, 0) is 11.2 Å². The highest BCUT2D eigenvalue weighted by molar-refractivity contribution is 6.30. The Morgan fingerprint density at radius 1 is 1.11 bits per heavy atom. The van der Waals surface area contributed by atoms with Crippen LogP contribution >= 0.6 is 24.0 Å². The average Bonchev–Trinajstić information content (AvgIpc) is 2.84. The van der Waals surface area contributed by atoms with E-state index in [9.17, 15) is 9.90 Å². The molecular weight excluding hydrogens is 483 g/mol. The number of anilines is 2. The number of amides is 1. The Bertz CT molecular complexity index is 1210. The van der Waals surface area contributed by atoms with Crippen LogP contribution in [0.25, 0.3) is 5.57 Å². The second-order valence-corrected chi connectivity index (χ2v) is 8.40. The van der Waals surface area contributed by atoms with Gasteiger partial charge in [-0.3, -0.25) is 4.79 Å². The number of nitrogens with one attached hydrogen (secondary N) is 2. The number of halogens is 2. The predicted molar refractivity (Wildman–Crippen MR) is 146 cm³/mol. The maximum atomic E-state index is 12.7. The molecule has 3 aromatic rings. The van der Waals surface area contributed by atoms with E-state index in [2.05, 4.69) is 10.6 Å². The van der Waals surface area contributed by atoms with E-state index in [-0.39, 0.29) is 18.3 Å². The van der Waals surface area contributed by atoms with E-state index in [1.54, 1.807) is 6.08 Å². The standard InChI is InChI=1S/C28H27ClN2O3.ClH/c1-2-34-23-15-11-20(12-16-23)24(19-9-13-21(29)14-10-19)5-3-8-28(33)31-27-7-4-6-26-25(27)17-22(32)18-30-26;/h3-16,22,30,32H,2,17-18H2,1H3,(H,31,33);1H/b8-3+,24-5-;. The van der Waals surface area contributed by atoms with Crippen molar-refractivity contribution in [3.63, 3.8) is 0 Å². The molecule has 5 nitrogen and oxygen atoms in total. The van der Waals surface area contributed by atoms with E-state index >= 15 is 0 Å². The molecule has 0 bridgehead atoms. The fourth-order valence-corrected chi connectivity index (χ4v) is 4.04. The minimum absolute atomic E-state index is 0. The van der Waals surface area contributed by atoms with Crippen molar-refractivity contribution in [2.24, 2.45) is 0 Å². The number of aliphatic hydroxyl groups excluding tert-OH is 1. The lowest BCUT2D eigenvalue weighted by Gasteiger charge is -2.24. The van der Waals surface area contributed by atoms with E-state index in [1.807, 2.05) is 79.7 Å². The van der Waals surface area contributed by atoms with Gasteiger partial charge in [0.25, 0.3) is 0 Å². The van der Waals surface area contributed by atoms with Gasteiger partial charge in [-0.05, 0) is 60.0 Å². The largest absolute Gasteiger partial charge is 0.494 e. The number of benzene rings is 3. The average molecular weight is 511 g/mol. The first-order chi connectivity index (χ1) is 16.5. The number of rotatable bonds is 7. The van der Waals surface area contributed by atoms with Gasteiger partial charge in [0, 0.05) is 41.0 Å². The number of β-amino-alcohol motifs (C(OH)–C–C–N with tert-alkyl or cyclic N) is 1. The van der Waals surface area contributed by atoms with Gasteiger partial charge in [-0.2, -0.15) is 0 Å². The fraction of sp³-hybridized carbons (Fsp3) is 0.179. The molecule has 7 heteroatoms. The molecular formula is C28H28Cl2N2O3. The lowest BCUT2D eigenvalue weighted by Crippen LogP contribution is -2.28. The molecule has 0 aromatic heterocycles. The molecule has 4 rings (SSSR count). The molecule has 0 spiro atoms. The van der Waals surface area contributed by atoms with Crippen LogP contribution in [0.1, 0.15) is 23.6 Å². The second kappa shape index (κ2) is 12.5. The summed E-state index contributed by atoms with van der Waals surface area (Å²) in [6.07, 6.45) is 5.17. The zero-order chi connectivity index (χ0) is 23.9. The highest BCUT2D eigenvalue weighted by Gasteiger charge is 2.19. The summed E-state index contributed by atoms with van der Waals surface area (Å²) in [6.45, 7) is 3.07. The first-order valence-corrected chi connectivity index (χ1v) is 11.6. The summed E-state index contributed by atoms with van der Waals surface area (Å²) in [4.78, 5) is 12.7.